The molecule has 1 atom stereocenters. The number of halogens is 1. The van der Waals surface area contributed by atoms with E-state index >= 15 is 0 Å². The van der Waals surface area contributed by atoms with E-state index in [0.29, 0.717) is 18.2 Å². The number of aryl methyl sites for hydroxylation is 1. The second-order valence-corrected chi connectivity index (χ2v) is 8.62. The zero-order valence-electron chi connectivity index (χ0n) is 17.8. The van der Waals surface area contributed by atoms with E-state index in [1.807, 2.05) is 31.2 Å². The molecule has 1 heterocycles. The number of nitrogens with two attached hydrogens (primary N) is 1. The van der Waals surface area contributed by atoms with Crippen molar-refractivity contribution in [3.63, 3.8) is 0 Å². The van der Waals surface area contributed by atoms with Crippen LogP contribution in [-0.2, 0) is 6.42 Å². The van der Waals surface area contributed by atoms with Crippen LogP contribution in [0.5, 0.6) is 0 Å². The Hall–Kier alpha value is -2.73. The van der Waals surface area contributed by atoms with Gasteiger partial charge in [-0.05, 0) is 67.6 Å². The molecule has 2 aromatic carbocycles. The molecule has 0 bridgehead atoms. The fourth-order valence-electron chi connectivity index (χ4n) is 3.09. The summed E-state index contributed by atoms with van der Waals surface area (Å²) in [5.41, 5.74) is 9.23. The van der Waals surface area contributed by atoms with Crippen molar-refractivity contribution < 1.29 is 4.39 Å². The fraction of sp³-hybridized carbons (Fsp3) is 0.391. The summed E-state index contributed by atoms with van der Waals surface area (Å²) >= 11 is 0. The molecule has 0 aliphatic carbocycles. The third-order valence-corrected chi connectivity index (χ3v) is 5.17. The van der Waals surface area contributed by atoms with E-state index in [1.54, 1.807) is 0 Å². The van der Waals surface area contributed by atoms with Gasteiger partial charge >= 0.3 is 0 Å². The van der Waals surface area contributed by atoms with Gasteiger partial charge in [-0.25, -0.2) is 9.37 Å². The third-order valence-electron chi connectivity index (χ3n) is 5.17. The van der Waals surface area contributed by atoms with Crippen LogP contribution >= 0.6 is 0 Å². The first-order chi connectivity index (χ1) is 13.7. The standard InChI is InChI=1S/C23H30FN5/c1-14-11-17(24)13-18(12-14)27-22-28-20-16(9-10-25)7-6-8-19(20)21(29-22)26-15(2)23(3,4)5/h6-8,11-13,15H,9-10,25H2,1-5H3,(H2,26,27,28,29)/t15-/m1/s1. The van der Waals surface area contributed by atoms with Gasteiger partial charge in [0.05, 0.1) is 5.52 Å². The Bertz CT molecular complexity index is 990. The first kappa shape index (κ1) is 21.0. The number of hydrogen-bond donors (Lipinski definition) is 3. The van der Waals surface area contributed by atoms with Crippen LogP contribution in [-0.4, -0.2) is 22.6 Å². The van der Waals surface area contributed by atoms with Crippen molar-refractivity contribution in [1.29, 1.82) is 0 Å². The highest BCUT2D eigenvalue weighted by Crippen LogP contribution is 2.30. The van der Waals surface area contributed by atoms with Gasteiger partial charge in [-0.15, -0.1) is 0 Å². The predicted octanol–water partition coefficient (Wildman–Crippen LogP) is 5.17. The van der Waals surface area contributed by atoms with Crippen molar-refractivity contribution >= 4 is 28.4 Å². The topological polar surface area (TPSA) is 75.9 Å². The first-order valence-electron chi connectivity index (χ1n) is 9.98. The molecule has 3 aromatic rings. The van der Waals surface area contributed by atoms with Crippen LogP contribution in [0.15, 0.2) is 36.4 Å². The third kappa shape index (κ3) is 5.01. The Labute approximate surface area is 171 Å². The number of fused-ring (bicyclic) bond motifs is 1. The minimum absolute atomic E-state index is 0.0550. The van der Waals surface area contributed by atoms with Gasteiger partial charge in [0.25, 0.3) is 0 Å². The summed E-state index contributed by atoms with van der Waals surface area (Å²) in [5.74, 6) is 0.888. The minimum atomic E-state index is -0.295. The van der Waals surface area contributed by atoms with Crippen molar-refractivity contribution in [2.24, 2.45) is 11.1 Å². The lowest BCUT2D eigenvalue weighted by Crippen LogP contribution is -2.31. The number of benzene rings is 2. The SMILES string of the molecule is Cc1cc(F)cc(Nc2nc(N[C@H](C)C(C)(C)C)c3cccc(CCN)c3n2)c1. The zero-order valence-corrected chi connectivity index (χ0v) is 17.8. The summed E-state index contributed by atoms with van der Waals surface area (Å²) in [5, 5.41) is 7.66. The molecule has 0 fully saturated rings. The van der Waals surface area contributed by atoms with E-state index in [0.717, 1.165) is 34.3 Å². The Morgan fingerprint density at radius 2 is 1.90 bits per heavy atom. The molecular formula is C23H30FN5. The smallest absolute Gasteiger partial charge is 0.229 e. The van der Waals surface area contributed by atoms with Crippen LogP contribution in [0.1, 0.15) is 38.8 Å². The van der Waals surface area contributed by atoms with Crippen LogP contribution in [0.3, 0.4) is 0 Å². The van der Waals surface area contributed by atoms with Gasteiger partial charge in [0.2, 0.25) is 5.95 Å². The van der Waals surface area contributed by atoms with Gasteiger partial charge in [0, 0.05) is 17.1 Å². The van der Waals surface area contributed by atoms with Gasteiger partial charge in [-0.3, -0.25) is 0 Å². The summed E-state index contributed by atoms with van der Waals surface area (Å²) < 4.78 is 13.8. The molecule has 0 saturated heterocycles. The number of hydrogen-bond acceptors (Lipinski definition) is 5. The second-order valence-electron chi connectivity index (χ2n) is 8.62. The molecule has 3 rings (SSSR count). The van der Waals surface area contributed by atoms with E-state index in [1.165, 1.54) is 12.1 Å². The van der Waals surface area contributed by atoms with Crippen LogP contribution in [0, 0.1) is 18.2 Å². The maximum Gasteiger partial charge on any atom is 0.229 e. The maximum absolute atomic E-state index is 13.8. The number of nitrogens with zero attached hydrogens (tertiary/aromatic N) is 2. The molecule has 0 saturated carbocycles. The zero-order chi connectivity index (χ0) is 21.2. The molecule has 1 aromatic heterocycles. The second kappa shape index (κ2) is 8.33. The van der Waals surface area contributed by atoms with Crippen LogP contribution in [0.4, 0.5) is 21.8 Å². The van der Waals surface area contributed by atoms with Crippen LogP contribution < -0.4 is 16.4 Å². The minimum Gasteiger partial charge on any atom is -0.366 e. The highest BCUT2D eigenvalue weighted by molar-refractivity contribution is 5.92. The molecule has 5 nitrogen and oxygen atoms in total. The molecule has 0 aliphatic rings. The lowest BCUT2D eigenvalue weighted by Gasteiger charge is -2.29. The van der Waals surface area contributed by atoms with Gasteiger partial charge in [-0.2, -0.15) is 4.98 Å². The quantitative estimate of drug-likeness (QED) is 0.537. The summed E-state index contributed by atoms with van der Waals surface area (Å²) in [4.78, 5) is 9.46. The summed E-state index contributed by atoms with van der Waals surface area (Å²) in [6.45, 7) is 11.1. The molecule has 154 valence electrons. The number of rotatable bonds is 6. The summed E-state index contributed by atoms with van der Waals surface area (Å²) in [7, 11) is 0. The van der Waals surface area contributed by atoms with Gasteiger partial charge in [-0.1, -0.05) is 32.9 Å². The number of aromatic nitrogens is 2. The molecule has 0 unspecified atom stereocenters. The molecule has 0 aliphatic heterocycles. The molecule has 6 heteroatoms. The van der Waals surface area contributed by atoms with Crippen LogP contribution in [0.2, 0.25) is 0 Å². The summed E-state index contributed by atoms with van der Waals surface area (Å²) in [6.07, 6.45) is 0.723. The average molecular weight is 396 g/mol. The van der Waals surface area contributed by atoms with Crippen molar-refractivity contribution in [3.05, 3.63) is 53.3 Å². The number of para-hydroxylation sites is 1. The van der Waals surface area contributed by atoms with Crippen molar-refractivity contribution in [3.8, 4) is 0 Å². The Morgan fingerprint density at radius 1 is 1.14 bits per heavy atom. The van der Waals surface area contributed by atoms with Crippen molar-refractivity contribution in [2.45, 2.75) is 47.1 Å². The van der Waals surface area contributed by atoms with E-state index in [4.69, 9.17) is 15.7 Å². The van der Waals surface area contributed by atoms with E-state index in [2.05, 4.69) is 38.3 Å². The van der Waals surface area contributed by atoms with Gasteiger partial charge in [0.1, 0.15) is 11.6 Å². The normalized spacial score (nSPS) is 12.8. The lowest BCUT2D eigenvalue weighted by molar-refractivity contribution is 0.359. The Kier molecular flexibility index (Phi) is 6.03. The highest BCUT2D eigenvalue weighted by atomic mass is 19.1. The molecule has 29 heavy (non-hydrogen) atoms. The Balaban J connectivity index is 2.10. The van der Waals surface area contributed by atoms with Gasteiger partial charge in [0.15, 0.2) is 0 Å². The molecular weight excluding hydrogens is 365 g/mol. The number of nitrogens with one attached hydrogen (secondary N) is 2. The largest absolute Gasteiger partial charge is 0.366 e. The molecule has 0 radical (unpaired) electrons. The van der Waals surface area contributed by atoms with E-state index in [9.17, 15) is 4.39 Å². The predicted molar refractivity (Wildman–Crippen MR) is 119 cm³/mol. The average Bonchev–Trinajstić information content (AvgIpc) is 2.61. The van der Waals surface area contributed by atoms with Gasteiger partial charge < -0.3 is 16.4 Å². The highest BCUT2D eigenvalue weighted by Gasteiger charge is 2.22. The van der Waals surface area contributed by atoms with Crippen LogP contribution in [0.25, 0.3) is 10.9 Å². The monoisotopic (exact) mass is 395 g/mol. The van der Waals surface area contributed by atoms with E-state index < -0.39 is 0 Å². The lowest BCUT2D eigenvalue weighted by atomic mass is 9.88. The fourth-order valence-corrected chi connectivity index (χ4v) is 3.09. The Morgan fingerprint density at radius 3 is 2.55 bits per heavy atom. The van der Waals surface area contributed by atoms with Crippen molar-refractivity contribution in [2.75, 3.05) is 17.2 Å². The molecule has 0 amide bonds. The van der Waals surface area contributed by atoms with E-state index in [-0.39, 0.29) is 17.3 Å². The molecule has 4 N–H and O–H groups in total. The molecule has 0 spiro atoms. The van der Waals surface area contributed by atoms with Crippen molar-refractivity contribution in [1.82, 2.24) is 9.97 Å². The summed E-state index contributed by atoms with van der Waals surface area (Å²) in [6, 6.07) is 11.0. The maximum atomic E-state index is 13.8. The first-order valence-corrected chi connectivity index (χ1v) is 9.98. The number of anilines is 3.